The number of anilines is 1. The van der Waals surface area contributed by atoms with Crippen LogP contribution in [0, 0.1) is 0 Å². The molecule has 1 aliphatic rings. The summed E-state index contributed by atoms with van der Waals surface area (Å²) in [6.45, 7) is 0. The largest absolute Gasteiger partial charge is 0.480 e. The summed E-state index contributed by atoms with van der Waals surface area (Å²) in [5.74, 6) is -0.971. The Morgan fingerprint density at radius 3 is 2.67 bits per heavy atom. The predicted octanol–water partition coefficient (Wildman–Crippen LogP) is 1.23. The highest BCUT2D eigenvalue weighted by Crippen LogP contribution is 2.32. The first-order valence-corrected chi connectivity index (χ1v) is 5.74. The highest BCUT2D eigenvalue weighted by Gasteiger charge is 2.46. The molecule has 6 nitrogen and oxygen atoms in total. The lowest BCUT2D eigenvalue weighted by molar-refractivity contribution is -0.148. The van der Waals surface area contributed by atoms with Gasteiger partial charge in [-0.2, -0.15) is 0 Å². The van der Waals surface area contributed by atoms with Crippen molar-refractivity contribution in [3.8, 4) is 0 Å². The van der Waals surface area contributed by atoms with E-state index in [1.165, 1.54) is 4.90 Å². The van der Waals surface area contributed by atoms with Gasteiger partial charge in [-0.1, -0.05) is 0 Å². The second-order valence-electron chi connectivity index (χ2n) is 4.44. The summed E-state index contributed by atoms with van der Waals surface area (Å²) in [5, 5.41) is 11.7. The lowest BCUT2D eigenvalue weighted by Crippen LogP contribution is -2.61. The number of aliphatic carboxylic acids is 1. The van der Waals surface area contributed by atoms with Crippen LogP contribution < -0.4 is 10.2 Å². The average Bonchev–Trinajstić information content (AvgIpc) is 2.33. The first-order valence-electron chi connectivity index (χ1n) is 5.74. The Morgan fingerprint density at radius 1 is 1.50 bits per heavy atom. The smallest absolute Gasteiger partial charge is 0.329 e. The summed E-state index contributed by atoms with van der Waals surface area (Å²) in [6.07, 6.45) is 4.95. The third-order valence-electron chi connectivity index (χ3n) is 3.30. The van der Waals surface area contributed by atoms with Crippen molar-refractivity contribution in [1.29, 1.82) is 0 Å². The van der Waals surface area contributed by atoms with Crippen LogP contribution in [-0.2, 0) is 4.79 Å². The molecule has 0 aromatic carbocycles. The minimum Gasteiger partial charge on any atom is -0.480 e. The van der Waals surface area contributed by atoms with Gasteiger partial charge < -0.3 is 10.4 Å². The van der Waals surface area contributed by atoms with Gasteiger partial charge >= 0.3 is 12.0 Å². The van der Waals surface area contributed by atoms with Crippen molar-refractivity contribution in [2.24, 2.45) is 0 Å². The summed E-state index contributed by atoms with van der Waals surface area (Å²) in [7, 11) is 1.58. The van der Waals surface area contributed by atoms with Crippen molar-refractivity contribution >= 4 is 17.7 Å². The Balaban J connectivity index is 2.06. The standard InChI is InChI=1S/C12H15N3O3/c1-15(9-4-2-7-13-8-9)11(18)14-12(10(16)17)5-3-6-12/h2,4,7-8H,3,5-6H2,1H3,(H,14,18)(H,16,17). The molecular weight excluding hydrogens is 234 g/mol. The number of carboxylic acids is 1. The van der Waals surface area contributed by atoms with E-state index in [1.54, 1.807) is 31.6 Å². The van der Waals surface area contributed by atoms with Crippen molar-refractivity contribution in [3.63, 3.8) is 0 Å². The fraction of sp³-hybridized carbons (Fsp3) is 0.417. The van der Waals surface area contributed by atoms with E-state index in [0.29, 0.717) is 18.5 Å². The second kappa shape index (κ2) is 4.64. The molecule has 1 aromatic rings. The molecule has 96 valence electrons. The van der Waals surface area contributed by atoms with Crippen molar-refractivity contribution in [3.05, 3.63) is 24.5 Å². The Bertz CT molecular complexity index is 457. The summed E-state index contributed by atoms with van der Waals surface area (Å²) in [4.78, 5) is 28.4. The number of rotatable bonds is 3. The van der Waals surface area contributed by atoms with Gasteiger partial charge in [0.1, 0.15) is 5.54 Å². The quantitative estimate of drug-likeness (QED) is 0.844. The van der Waals surface area contributed by atoms with E-state index in [0.717, 1.165) is 6.42 Å². The molecule has 1 heterocycles. The number of hydrogen-bond acceptors (Lipinski definition) is 3. The van der Waals surface area contributed by atoms with Gasteiger partial charge in [0.25, 0.3) is 0 Å². The van der Waals surface area contributed by atoms with Crippen LogP contribution in [0.2, 0.25) is 0 Å². The molecule has 0 unspecified atom stereocenters. The Kier molecular flexibility index (Phi) is 3.18. The molecule has 1 saturated carbocycles. The molecule has 2 rings (SSSR count). The minimum absolute atomic E-state index is 0.426. The number of amides is 2. The van der Waals surface area contributed by atoms with Gasteiger partial charge in [0.05, 0.1) is 11.9 Å². The average molecular weight is 249 g/mol. The molecule has 1 aromatic heterocycles. The summed E-state index contributed by atoms with van der Waals surface area (Å²) in [5.41, 5.74) is -0.469. The van der Waals surface area contributed by atoms with E-state index >= 15 is 0 Å². The van der Waals surface area contributed by atoms with E-state index in [9.17, 15) is 9.59 Å². The number of hydrogen-bond donors (Lipinski definition) is 2. The van der Waals surface area contributed by atoms with Crippen LogP contribution >= 0.6 is 0 Å². The maximum Gasteiger partial charge on any atom is 0.329 e. The monoisotopic (exact) mass is 249 g/mol. The van der Waals surface area contributed by atoms with Gasteiger partial charge in [-0.3, -0.25) is 9.88 Å². The van der Waals surface area contributed by atoms with Crippen LogP contribution in [0.4, 0.5) is 10.5 Å². The molecular formula is C12H15N3O3. The van der Waals surface area contributed by atoms with Gasteiger partial charge in [-0.15, -0.1) is 0 Å². The molecule has 2 amide bonds. The van der Waals surface area contributed by atoms with Crippen LogP contribution in [0.15, 0.2) is 24.5 Å². The molecule has 0 aliphatic heterocycles. The molecule has 2 N–H and O–H groups in total. The highest BCUT2D eigenvalue weighted by atomic mass is 16.4. The van der Waals surface area contributed by atoms with Crippen LogP contribution in [0.3, 0.4) is 0 Å². The van der Waals surface area contributed by atoms with Gasteiger partial charge in [0.15, 0.2) is 0 Å². The zero-order valence-corrected chi connectivity index (χ0v) is 10.1. The minimum atomic E-state index is -1.09. The van der Waals surface area contributed by atoms with E-state index in [-0.39, 0.29) is 0 Å². The Labute approximate surface area is 105 Å². The van der Waals surface area contributed by atoms with Crippen LogP contribution in [0.1, 0.15) is 19.3 Å². The fourth-order valence-electron chi connectivity index (χ4n) is 1.88. The molecule has 0 spiro atoms. The van der Waals surface area contributed by atoms with Crippen molar-refractivity contribution in [2.75, 3.05) is 11.9 Å². The summed E-state index contributed by atoms with van der Waals surface area (Å²) >= 11 is 0. The van der Waals surface area contributed by atoms with Crippen LogP contribution in [-0.4, -0.2) is 34.7 Å². The topological polar surface area (TPSA) is 82.5 Å². The molecule has 6 heteroatoms. The lowest BCUT2D eigenvalue weighted by atomic mass is 9.77. The number of pyridine rings is 1. The lowest BCUT2D eigenvalue weighted by Gasteiger charge is -2.39. The summed E-state index contributed by atoms with van der Waals surface area (Å²) < 4.78 is 0. The van der Waals surface area contributed by atoms with Crippen molar-refractivity contribution in [2.45, 2.75) is 24.8 Å². The molecule has 0 atom stereocenters. The highest BCUT2D eigenvalue weighted by molar-refractivity contribution is 5.95. The van der Waals surface area contributed by atoms with Crippen LogP contribution in [0.5, 0.6) is 0 Å². The first-order chi connectivity index (χ1) is 8.55. The third-order valence-corrected chi connectivity index (χ3v) is 3.30. The number of nitrogens with zero attached hydrogens (tertiary/aromatic N) is 2. The van der Waals surface area contributed by atoms with Gasteiger partial charge in [0.2, 0.25) is 0 Å². The maximum atomic E-state index is 12.0. The molecule has 0 bridgehead atoms. The molecule has 1 aliphatic carbocycles. The number of carbonyl (C=O) groups excluding carboxylic acids is 1. The molecule has 0 saturated heterocycles. The number of urea groups is 1. The van der Waals surface area contributed by atoms with Crippen molar-refractivity contribution < 1.29 is 14.7 Å². The number of nitrogens with one attached hydrogen (secondary N) is 1. The maximum absolute atomic E-state index is 12.0. The number of aromatic nitrogens is 1. The van der Waals surface area contributed by atoms with Gasteiger partial charge in [-0.25, -0.2) is 9.59 Å². The molecule has 1 fully saturated rings. The Hall–Kier alpha value is -2.11. The van der Waals surface area contributed by atoms with E-state index in [2.05, 4.69) is 10.3 Å². The predicted molar refractivity (Wildman–Crippen MR) is 65.4 cm³/mol. The summed E-state index contributed by atoms with van der Waals surface area (Å²) in [6, 6.07) is 3.03. The first kappa shape index (κ1) is 12.3. The normalized spacial score (nSPS) is 16.5. The van der Waals surface area contributed by atoms with E-state index < -0.39 is 17.5 Å². The zero-order chi connectivity index (χ0) is 13.2. The van der Waals surface area contributed by atoms with Gasteiger partial charge in [0, 0.05) is 13.2 Å². The zero-order valence-electron chi connectivity index (χ0n) is 10.1. The van der Waals surface area contributed by atoms with E-state index in [1.807, 2.05) is 0 Å². The fourth-order valence-corrected chi connectivity index (χ4v) is 1.88. The Morgan fingerprint density at radius 2 is 2.22 bits per heavy atom. The second-order valence-corrected chi connectivity index (χ2v) is 4.44. The SMILES string of the molecule is CN(C(=O)NC1(C(=O)O)CCC1)c1cccnc1. The van der Waals surface area contributed by atoms with E-state index in [4.69, 9.17) is 5.11 Å². The van der Waals surface area contributed by atoms with Crippen LogP contribution in [0.25, 0.3) is 0 Å². The molecule has 18 heavy (non-hydrogen) atoms. The third kappa shape index (κ3) is 2.13. The molecule has 0 radical (unpaired) electrons. The number of carbonyl (C=O) groups is 2. The van der Waals surface area contributed by atoms with Gasteiger partial charge in [-0.05, 0) is 31.4 Å². The van der Waals surface area contributed by atoms with Crippen molar-refractivity contribution in [1.82, 2.24) is 10.3 Å². The number of carboxylic acid groups (broad SMARTS) is 1.